The molecular weight excluding hydrogens is 391 g/mol. The van der Waals surface area contributed by atoms with E-state index < -0.39 is 0 Å². The second kappa shape index (κ2) is 11.2. The highest BCUT2D eigenvalue weighted by molar-refractivity contribution is 5.71. The smallest absolute Gasteiger partial charge is 0.316 e. The Hall–Kier alpha value is -3.31. The van der Waals surface area contributed by atoms with E-state index in [1.54, 1.807) is 37.5 Å². The van der Waals surface area contributed by atoms with Gasteiger partial charge in [-0.3, -0.25) is 0 Å². The van der Waals surface area contributed by atoms with E-state index in [4.69, 9.17) is 4.74 Å². The highest BCUT2D eigenvalue weighted by Crippen LogP contribution is 2.27. The van der Waals surface area contributed by atoms with Crippen molar-refractivity contribution in [3.05, 3.63) is 85.0 Å². The lowest BCUT2D eigenvalue weighted by molar-refractivity contribution is 0.182. The van der Waals surface area contributed by atoms with Crippen LogP contribution in [0.4, 0.5) is 4.39 Å². The molecule has 0 fully saturated rings. The topological polar surface area (TPSA) is 55.2 Å². The summed E-state index contributed by atoms with van der Waals surface area (Å²) in [5.74, 6) is -0.258. The zero-order chi connectivity index (χ0) is 22.1. The number of rotatable bonds is 10. The van der Waals surface area contributed by atoms with Gasteiger partial charge >= 0.3 is 6.01 Å². The van der Waals surface area contributed by atoms with E-state index in [0.717, 1.165) is 41.5 Å². The number of hydrogen-bond acceptors (Lipinski definition) is 4. The number of aromatic nitrogens is 2. The zero-order valence-corrected chi connectivity index (χ0v) is 17.7. The number of unbranched alkanes of at least 4 members (excludes halogenated alkanes) is 1. The summed E-state index contributed by atoms with van der Waals surface area (Å²) in [5.41, 5.74) is 3.99. The van der Waals surface area contributed by atoms with E-state index in [2.05, 4.69) is 16.5 Å². The van der Waals surface area contributed by atoms with Gasteiger partial charge in [-0.2, -0.15) is 0 Å². The molecule has 3 rings (SSSR count). The number of nitrogens with zero attached hydrogens (tertiary/aromatic N) is 2. The molecule has 0 amide bonds. The summed E-state index contributed by atoms with van der Waals surface area (Å²) >= 11 is 0. The molecule has 0 radical (unpaired) electrons. The predicted molar refractivity (Wildman–Crippen MR) is 123 cm³/mol. The van der Waals surface area contributed by atoms with Gasteiger partial charge in [-0.05, 0) is 48.9 Å². The van der Waals surface area contributed by atoms with Crippen LogP contribution in [-0.2, 0) is 0 Å². The summed E-state index contributed by atoms with van der Waals surface area (Å²) in [6, 6.07) is 13.2. The number of hydrogen-bond donors (Lipinski definition) is 1. The maximum Gasteiger partial charge on any atom is 0.316 e. The Morgan fingerprint density at radius 3 is 2.42 bits per heavy atom. The van der Waals surface area contributed by atoms with Crippen molar-refractivity contribution in [3.63, 3.8) is 0 Å². The molecule has 160 valence electrons. The Balaban J connectivity index is 1.66. The van der Waals surface area contributed by atoms with E-state index in [9.17, 15) is 9.50 Å². The molecule has 2 aromatic carbocycles. The average Bonchev–Trinajstić information content (AvgIpc) is 2.78. The fraction of sp³-hybridized carbons (Fsp3) is 0.231. The molecule has 3 aromatic rings. The number of ether oxygens (including phenoxy) is 1. The largest absolute Gasteiger partial charge is 0.459 e. The predicted octanol–water partition coefficient (Wildman–Crippen LogP) is 6.08. The quantitative estimate of drug-likeness (QED) is 0.320. The molecule has 0 aliphatic rings. The minimum absolute atomic E-state index is 0.258. The van der Waals surface area contributed by atoms with E-state index in [0.29, 0.717) is 18.2 Å². The van der Waals surface area contributed by atoms with Gasteiger partial charge in [-0.25, -0.2) is 14.4 Å². The van der Waals surface area contributed by atoms with Crippen molar-refractivity contribution < 1.29 is 14.2 Å². The maximum atomic E-state index is 14.7. The molecule has 5 heteroatoms. The van der Waals surface area contributed by atoms with Crippen molar-refractivity contribution in [2.24, 2.45) is 0 Å². The van der Waals surface area contributed by atoms with Gasteiger partial charge in [0.15, 0.2) is 0 Å². The van der Waals surface area contributed by atoms with Gasteiger partial charge in [0.1, 0.15) is 12.4 Å². The van der Waals surface area contributed by atoms with E-state index in [1.807, 2.05) is 42.5 Å². The number of aliphatic hydroxyl groups is 1. The van der Waals surface area contributed by atoms with Crippen LogP contribution in [0.5, 0.6) is 6.01 Å². The molecule has 1 atom stereocenters. The van der Waals surface area contributed by atoms with Crippen molar-refractivity contribution in [2.45, 2.75) is 32.3 Å². The monoisotopic (exact) mass is 418 g/mol. The molecule has 1 aromatic heterocycles. The molecule has 0 aliphatic heterocycles. The Labute approximate surface area is 182 Å². The Kier molecular flexibility index (Phi) is 8.07. The van der Waals surface area contributed by atoms with Crippen molar-refractivity contribution in [2.75, 3.05) is 6.61 Å². The van der Waals surface area contributed by atoms with Crippen LogP contribution < -0.4 is 4.74 Å². The first kappa shape index (κ1) is 22.4. The minimum atomic E-state index is -0.278. The first-order valence-electron chi connectivity index (χ1n) is 10.4. The van der Waals surface area contributed by atoms with Crippen molar-refractivity contribution in [3.8, 4) is 28.3 Å². The van der Waals surface area contributed by atoms with Crippen LogP contribution in [0.25, 0.3) is 28.3 Å². The molecule has 1 unspecified atom stereocenters. The van der Waals surface area contributed by atoms with Crippen LogP contribution in [0.15, 0.2) is 73.6 Å². The van der Waals surface area contributed by atoms with Gasteiger partial charge < -0.3 is 9.84 Å². The maximum absolute atomic E-state index is 14.7. The van der Waals surface area contributed by atoms with Crippen LogP contribution in [-0.4, -0.2) is 27.8 Å². The highest BCUT2D eigenvalue weighted by Gasteiger charge is 2.07. The Morgan fingerprint density at radius 1 is 1.06 bits per heavy atom. The van der Waals surface area contributed by atoms with Crippen LogP contribution in [0.1, 0.15) is 31.7 Å². The summed E-state index contributed by atoms with van der Waals surface area (Å²) in [7, 11) is 0. The SMILES string of the molecule is C=CCOc1ncc(-c2ccc(-c3ccc(/C=C/CCCC(C)O)cc3F)cc2)cn1. The van der Waals surface area contributed by atoms with Gasteiger partial charge in [0.05, 0.1) is 6.10 Å². The van der Waals surface area contributed by atoms with Crippen molar-refractivity contribution in [1.82, 2.24) is 9.97 Å². The fourth-order valence-corrected chi connectivity index (χ4v) is 3.14. The third-order valence-electron chi connectivity index (χ3n) is 4.78. The molecule has 1 N–H and O–H groups in total. The molecule has 31 heavy (non-hydrogen) atoms. The molecule has 4 nitrogen and oxygen atoms in total. The van der Waals surface area contributed by atoms with Gasteiger partial charge in [-0.1, -0.05) is 61.2 Å². The average molecular weight is 419 g/mol. The Morgan fingerprint density at radius 2 is 1.77 bits per heavy atom. The molecule has 1 heterocycles. The number of halogens is 1. The second-order valence-corrected chi connectivity index (χ2v) is 7.35. The zero-order valence-electron chi connectivity index (χ0n) is 17.7. The number of benzene rings is 2. The first-order chi connectivity index (χ1) is 15.1. The summed E-state index contributed by atoms with van der Waals surface area (Å²) in [6.07, 6.45) is 11.2. The number of allylic oxidation sites excluding steroid dienone is 1. The molecule has 0 saturated heterocycles. The van der Waals surface area contributed by atoms with E-state index in [-0.39, 0.29) is 11.9 Å². The van der Waals surface area contributed by atoms with Crippen molar-refractivity contribution >= 4 is 6.08 Å². The second-order valence-electron chi connectivity index (χ2n) is 7.35. The lowest BCUT2D eigenvalue weighted by Crippen LogP contribution is -1.97. The van der Waals surface area contributed by atoms with Gasteiger partial charge in [0.25, 0.3) is 0 Å². The van der Waals surface area contributed by atoms with E-state index in [1.165, 1.54) is 0 Å². The molecular formula is C26H27FN2O2. The first-order valence-corrected chi connectivity index (χ1v) is 10.4. The lowest BCUT2D eigenvalue weighted by atomic mass is 10.00. The standard InChI is InChI=1S/C26H27FN2O2/c1-3-15-31-26-28-17-23(18-29-26)21-10-12-22(13-11-21)24-14-9-20(16-25(24)27)8-6-4-5-7-19(2)30/h3,6,8-14,16-19,30H,1,4-5,7,15H2,2H3/b8-6+. The minimum Gasteiger partial charge on any atom is -0.459 e. The lowest BCUT2D eigenvalue weighted by Gasteiger charge is -2.07. The van der Waals surface area contributed by atoms with E-state index >= 15 is 0 Å². The third kappa shape index (κ3) is 6.59. The van der Waals surface area contributed by atoms with Gasteiger partial charge in [0, 0.05) is 23.5 Å². The molecule has 0 aliphatic carbocycles. The van der Waals surface area contributed by atoms with Gasteiger partial charge in [-0.15, -0.1) is 0 Å². The van der Waals surface area contributed by atoms with Crippen LogP contribution in [0.2, 0.25) is 0 Å². The highest BCUT2D eigenvalue weighted by atomic mass is 19.1. The number of aliphatic hydroxyl groups excluding tert-OH is 1. The van der Waals surface area contributed by atoms with Crippen LogP contribution >= 0.6 is 0 Å². The summed E-state index contributed by atoms with van der Waals surface area (Å²) in [4.78, 5) is 8.36. The van der Waals surface area contributed by atoms with Crippen LogP contribution in [0.3, 0.4) is 0 Å². The third-order valence-corrected chi connectivity index (χ3v) is 4.78. The van der Waals surface area contributed by atoms with Gasteiger partial charge in [0.2, 0.25) is 0 Å². The molecule has 0 bridgehead atoms. The van der Waals surface area contributed by atoms with Crippen LogP contribution in [0, 0.1) is 5.82 Å². The Bertz CT molecular complexity index is 1010. The summed E-state index contributed by atoms with van der Waals surface area (Å²) < 4.78 is 20.0. The van der Waals surface area contributed by atoms with Crippen molar-refractivity contribution in [1.29, 1.82) is 0 Å². The molecule has 0 saturated carbocycles. The normalized spacial score (nSPS) is 12.1. The molecule has 0 spiro atoms. The fourth-order valence-electron chi connectivity index (χ4n) is 3.14. The summed E-state index contributed by atoms with van der Waals surface area (Å²) in [5, 5.41) is 9.28. The summed E-state index contributed by atoms with van der Waals surface area (Å²) in [6.45, 7) is 5.74.